The molecule has 0 aliphatic rings. The number of nitrogens with one attached hydrogen (secondary N) is 1. The highest BCUT2D eigenvalue weighted by atomic mass is 35.5. The molecule has 1 heterocycles. The van der Waals surface area contributed by atoms with Crippen molar-refractivity contribution in [3.63, 3.8) is 0 Å². The monoisotopic (exact) mass is 518 g/mol. The number of benzene rings is 2. The first kappa shape index (κ1) is 26.6. The van der Waals surface area contributed by atoms with Crippen molar-refractivity contribution in [1.82, 2.24) is 20.1 Å². The number of nitrogens with zero attached hydrogens (tertiary/aromatic N) is 3. The van der Waals surface area contributed by atoms with Crippen LogP contribution in [0.1, 0.15) is 64.9 Å². The van der Waals surface area contributed by atoms with Crippen LogP contribution in [0.25, 0.3) is 5.69 Å². The van der Waals surface area contributed by atoms with Crippen molar-refractivity contribution in [1.29, 1.82) is 0 Å². The van der Waals surface area contributed by atoms with Gasteiger partial charge >= 0.3 is 0 Å². The second-order valence-electron chi connectivity index (χ2n) is 9.91. The third-order valence-electron chi connectivity index (χ3n) is 5.28. The highest BCUT2D eigenvalue weighted by Gasteiger charge is 2.24. The van der Waals surface area contributed by atoms with E-state index >= 15 is 0 Å². The fourth-order valence-corrected chi connectivity index (χ4v) is 5.34. The average molecular weight is 520 g/mol. The lowest BCUT2D eigenvalue weighted by molar-refractivity contribution is -0.122. The molecule has 0 saturated carbocycles. The Morgan fingerprint density at radius 1 is 1.09 bits per heavy atom. The van der Waals surface area contributed by atoms with Crippen LogP contribution in [-0.4, -0.2) is 20.7 Å². The van der Waals surface area contributed by atoms with Crippen molar-refractivity contribution in [2.75, 3.05) is 0 Å². The van der Waals surface area contributed by atoms with Crippen LogP contribution in [0.4, 0.5) is 0 Å². The number of hydrogen-bond acceptors (Lipinski definition) is 4. The zero-order valence-corrected chi connectivity index (χ0v) is 22.6. The molecule has 5 nitrogen and oxygen atoms in total. The van der Waals surface area contributed by atoms with E-state index in [1.165, 1.54) is 5.56 Å². The number of aromatic nitrogens is 3. The largest absolute Gasteiger partial charge is 0.346 e. The van der Waals surface area contributed by atoms with Crippen LogP contribution in [0, 0.1) is 11.3 Å². The molecule has 0 fully saturated rings. The van der Waals surface area contributed by atoms with Crippen LogP contribution in [0.2, 0.25) is 10.0 Å². The summed E-state index contributed by atoms with van der Waals surface area (Å²) in [6.07, 6.45) is 1.44. The van der Waals surface area contributed by atoms with E-state index in [1.807, 2.05) is 29.7 Å². The van der Waals surface area contributed by atoms with Gasteiger partial charge in [-0.3, -0.25) is 9.36 Å². The maximum atomic E-state index is 12.8. The smallest absolute Gasteiger partial charge is 0.220 e. The summed E-state index contributed by atoms with van der Waals surface area (Å²) < 4.78 is 1.89. The van der Waals surface area contributed by atoms with Crippen LogP contribution in [-0.2, 0) is 10.5 Å². The van der Waals surface area contributed by atoms with E-state index in [0.717, 1.165) is 12.2 Å². The number of rotatable bonds is 9. The molecule has 0 bridgehead atoms. The SMILES string of the molecule is CC(CC(=O)NC(C)c1nnc(SCc2ccccc2)n1-c1cc(Cl)ccc1Cl)CC(C)(C)C. The molecule has 0 radical (unpaired) electrons. The minimum atomic E-state index is -0.358. The standard InChI is InChI=1S/C26H32Cl2N4OS/c1-17(15-26(3,4)5)13-23(33)29-18(2)24-30-31-25(34-16-19-9-7-6-8-10-19)32(24)22-14-20(27)11-12-21(22)28/h6-12,14,17-18H,13,15-16H2,1-5H3,(H,29,33). The number of carbonyl (C=O) groups excluding carboxylic acids is 1. The molecule has 1 aromatic heterocycles. The third kappa shape index (κ3) is 7.49. The van der Waals surface area contributed by atoms with Gasteiger partial charge < -0.3 is 5.32 Å². The molecule has 0 aliphatic carbocycles. The van der Waals surface area contributed by atoms with Crippen LogP contribution in [0.3, 0.4) is 0 Å². The second kappa shape index (κ2) is 11.6. The fourth-order valence-electron chi connectivity index (χ4n) is 4.06. The molecular formula is C26H32Cl2N4OS. The molecule has 0 saturated heterocycles. The summed E-state index contributed by atoms with van der Waals surface area (Å²) in [5.41, 5.74) is 2.04. The normalized spacial score (nSPS) is 13.5. The summed E-state index contributed by atoms with van der Waals surface area (Å²) in [5, 5.41) is 13.8. The van der Waals surface area contributed by atoms with E-state index in [4.69, 9.17) is 23.2 Å². The van der Waals surface area contributed by atoms with E-state index in [2.05, 4.69) is 55.3 Å². The molecule has 3 aromatic rings. The number of carbonyl (C=O) groups is 1. The van der Waals surface area contributed by atoms with Crippen LogP contribution in [0.15, 0.2) is 53.7 Å². The van der Waals surface area contributed by atoms with E-state index in [9.17, 15) is 4.79 Å². The van der Waals surface area contributed by atoms with Crippen molar-refractivity contribution >= 4 is 40.9 Å². The van der Waals surface area contributed by atoms with Gasteiger partial charge in [0.1, 0.15) is 0 Å². The number of thioether (sulfide) groups is 1. The van der Waals surface area contributed by atoms with Crippen LogP contribution in [0.5, 0.6) is 0 Å². The van der Waals surface area contributed by atoms with Crippen LogP contribution >= 0.6 is 35.0 Å². The summed E-state index contributed by atoms with van der Waals surface area (Å²) in [7, 11) is 0. The van der Waals surface area contributed by atoms with Gasteiger partial charge in [-0.25, -0.2) is 0 Å². The Balaban J connectivity index is 1.85. The van der Waals surface area contributed by atoms with Crippen molar-refractivity contribution in [3.05, 3.63) is 70.0 Å². The molecule has 2 atom stereocenters. The van der Waals surface area contributed by atoms with Crippen molar-refractivity contribution in [2.24, 2.45) is 11.3 Å². The summed E-state index contributed by atoms with van der Waals surface area (Å²) in [6.45, 7) is 10.6. The molecule has 2 aromatic carbocycles. The first-order chi connectivity index (χ1) is 16.0. The minimum Gasteiger partial charge on any atom is -0.346 e. The topological polar surface area (TPSA) is 59.8 Å². The zero-order chi connectivity index (χ0) is 24.9. The zero-order valence-electron chi connectivity index (χ0n) is 20.3. The lowest BCUT2D eigenvalue weighted by Gasteiger charge is -2.23. The quantitative estimate of drug-likeness (QED) is 0.297. The van der Waals surface area contributed by atoms with Gasteiger partial charge in [-0.1, -0.05) is 93.0 Å². The Kier molecular flexibility index (Phi) is 9.07. The second-order valence-corrected chi connectivity index (χ2v) is 11.7. The van der Waals surface area contributed by atoms with Gasteiger partial charge in [0.25, 0.3) is 0 Å². The fraction of sp³-hybridized carbons (Fsp3) is 0.423. The highest BCUT2D eigenvalue weighted by molar-refractivity contribution is 7.98. The molecule has 182 valence electrons. The molecule has 1 amide bonds. The van der Waals surface area contributed by atoms with Gasteiger partial charge in [-0.05, 0) is 48.4 Å². The molecule has 0 spiro atoms. The molecule has 8 heteroatoms. The summed E-state index contributed by atoms with van der Waals surface area (Å²) >= 11 is 14.4. The average Bonchev–Trinajstić information content (AvgIpc) is 3.17. The lowest BCUT2D eigenvalue weighted by atomic mass is 9.84. The third-order valence-corrected chi connectivity index (χ3v) is 6.83. The maximum absolute atomic E-state index is 12.8. The van der Waals surface area contributed by atoms with Crippen LogP contribution < -0.4 is 5.32 Å². The van der Waals surface area contributed by atoms with Gasteiger partial charge in [0.15, 0.2) is 11.0 Å². The molecule has 1 N–H and O–H groups in total. The first-order valence-corrected chi connectivity index (χ1v) is 13.1. The van der Waals surface area contributed by atoms with Crippen molar-refractivity contribution in [3.8, 4) is 5.69 Å². The highest BCUT2D eigenvalue weighted by Crippen LogP contribution is 2.32. The Labute approximate surface area is 216 Å². The summed E-state index contributed by atoms with van der Waals surface area (Å²) in [5.74, 6) is 1.61. The summed E-state index contributed by atoms with van der Waals surface area (Å²) in [6, 6.07) is 15.1. The predicted octanol–water partition coefficient (Wildman–Crippen LogP) is 7.51. The molecule has 3 rings (SSSR count). The Morgan fingerprint density at radius 3 is 2.47 bits per heavy atom. The minimum absolute atomic E-state index is 0.00511. The Morgan fingerprint density at radius 2 is 1.79 bits per heavy atom. The molecular weight excluding hydrogens is 487 g/mol. The van der Waals surface area contributed by atoms with Gasteiger partial charge in [-0.2, -0.15) is 0 Å². The first-order valence-electron chi connectivity index (χ1n) is 11.4. The number of hydrogen-bond donors (Lipinski definition) is 1. The lowest BCUT2D eigenvalue weighted by Crippen LogP contribution is -2.30. The van der Waals surface area contributed by atoms with E-state index in [-0.39, 0.29) is 23.3 Å². The Bertz CT molecular complexity index is 1110. The van der Waals surface area contributed by atoms with Gasteiger partial charge in [0.2, 0.25) is 5.91 Å². The van der Waals surface area contributed by atoms with Crippen molar-refractivity contribution in [2.45, 2.75) is 64.4 Å². The van der Waals surface area contributed by atoms with Gasteiger partial charge in [-0.15, -0.1) is 10.2 Å². The predicted molar refractivity (Wildman–Crippen MR) is 142 cm³/mol. The van der Waals surface area contributed by atoms with E-state index in [1.54, 1.807) is 30.0 Å². The van der Waals surface area contributed by atoms with Gasteiger partial charge in [0, 0.05) is 17.2 Å². The molecule has 34 heavy (non-hydrogen) atoms. The molecule has 0 aliphatic heterocycles. The van der Waals surface area contributed by atoms with Gasteiger partial charge in [0.05, 0.1) is 16.8 Å². The number of halogens is 2. The Hall–Kier alpha value is -2.02. The summed E-state index contributed by atoms with van der Waals surface area (Å²) in [4.78, 5) is 12.8. The molecule has 2 unspecified atom stereocenters. The van der Waals surface area contributed by atoms with E-state index in [0.29, 0.717) is 33.1 Å². The number of amides is 1. The van der Waals surface area contributed by atoms with E-state index < -0.39 is 0 Å². The maximum Gasteiger partial charge on any atom is 0.220 e. The van der Waals surface area contributed by atoms with Crippen molar-refractivity contribution < 1.29 is 4.79 Å².